The summed E-state index contributed by atoms with van der Waals surface area (Å²) in [6.07, 6.45) is 0. The van der Waals surface area contributed by atoms with Crippen molar-refractivity contribution in [2.24, 2.45) is 5.10 Å². The van der Waals surface area contributed by atoms with E-state index in [0.717, 1.165) is 23.0 Å². The van der Waals surface area contributed by atoms with Crippen LogP contribution in [-0.2, 0) is 0 Å². The summed E-state index contributed by atoms with van der Waals surface area (Å²) in [7, 11) is 0. The molecule has 0 spiro atoms. The number of thioether (sulfide) groups is 1. The molecule has 0 atom stereocenters. The topological polar surface area (TPSA) is 38.7 Å². The molecule has 25 heavy (non-hydrogen) atoms. The molecule has 0 bridgehead atoms. The fourth-order valence-corrected chi connectivity index (χ4v) is 3.66. The Hall–Kier alpha value is -1.96. The van der Waals surface area contributed by atoms with Crippen LogP contribution in [0.15, 0.2) is 76.4 Å². The van der Waals surface area contributed by atoms with Gasteiger partial charge in [0, 0.05) is 10.6 Å². The van der Waals surface area contributed by atoms with E-state index in [2.05, 4.69) is 65.8 Å². The molecular weight excluding hydrogens is 398 g/mol. The fraction of sp³-hybridized carbons (Fsp3) is 0.167. The number of hydrazone groups is 1. The highest BCUT2D eigenvalue weighted by Crippen LogP contribution is 2.33. The number of anilines is 1. The molecule has 0 radical (unpaired) electrons. The van der Waals surface area contributed by atoms with Crippen LogP contribution in [0.25, 0.3) is 0 Å². The van der Waals surface area contributed by atoms with Crippen molar-refractivity contribution >= 4 is 23.3 Å². The van der Waals surface area contributed by atoms with E-state index < -0.39 is 0 Å². The molecule has 7 heteroatoms. The zero-order valence-electron chi connectivity index (χ0n) is 14.1. The van der Waals surface area contributed by atoms with Gasteiger partial charge in [-0.1, -0.05) is 51.8 Å². The normalized spacial score (nSPS) is 17.0. The highest BCUT2D eigenvalue weighted by atomic mass is 79.9. The lowest BCUT2D eigenvalue weighted by atomic mass is 10.2. The summed E-state index contributed by atoms with van der Waals surface area (Å²) in [5, 5.41) is 11.2. The lowest BCUT2D eigenvalue weighted by Gasteiger charge is -2.32. The second-order valence-electron chi connectivity index (χ2n) is 5.74. The number of benzene rings is 2. The van der Waals surface area contributed by atoms with E-state index >= 15 is 0 Å². The molecule has 0 aromatic heterocycles. The van der Waals surface area contributed by atoms with Crippen molar-refractivity contribution in [3.05, 3.63) is 76.8 Å². The van der Waals surface area contributed by atoms with E-state index in [1.54, 1.807) is 0 Å². The van der Waals surface area contributed by atoms with Crippen molar-refractivity contribution in [3.8, 4) is 0 Å². The molecule has 2 aliphatic rings. The van der Waals surface area contributed by atoms with Crippen molar-refractivity contribution in [1.29, 1.82) is 0 Å². The van der Waals surface area contributed by atoms with Crippen LogP contribution in [0.2, 0.25) is 0 Å². The quantitative estimate of drug-likeness (QED) is 0.698. The second kappa shape index (κ2) is 7.51. The van der Waals surface area contributed by atoms with E-state index in [-0.39, 0.29) is 17.0 Å². The molecule has 2 aromatic rings. The highest BCUT2D eigenvalue weighted by molar-refractivity contribution is 8.03. The molecule has 5 nitrogen and oxygen atoms in total. The van der Waals surface area contributed by atoms with E-state index in [4.69, 9.17) is 5.10 Å². The number of nitrogens with zero attached hydrogens (tertiary/aromatic N) is 4. The van der Waals surface area contributed by atoms with Crippen LogP contribution in [0.4, 0.5) is 5.69 Å². The van der Waals surface area contributed by atoms with Crippen LogP contribution >= 0.6 is 11.8 Å². The molecule has 2 N–H and O–H groups in total. The van der Waals surface area contributed by atoms with E-state index in [1.165, 1.54) is 10.6 Å². The Labute approximate surface area is 162 Å². The minimum Gasteiger partial charge on any atom is -1.00 e. The summed E-state index contributed by atoms with van der Waals surface area (Å²) in [4.78, 5) is 1.34. The van der Waals surface area contributed by atoms with Gasteiger partial charge in [-0.2, -0.15) is 5.43 Å². The Morgan fingerprint density at radius 3 is 2.20 bits per heavy atom. The third-order valence-electron chi connectivity index (χ3n) is 4.24. The average molecular weight is 418 g/mol. The van der Waals surface area contributed by atoms with Crippen molar-refractivity contribution in [3.63, 3.8) is 0 Å². The van der Waals surface area contributed by atoms with Gasteiger partial charge in [-0.3, -0.25) is 0 Å². The standard InChI is InChI=1S/C18H19N5S.BrH/c1-14-15(2)24-13-21(14)23-20-18(16-9-5-3-6-10-16)19-22(23)17-11-7-4-8-12-17;/h3-12H,13H2,1-2H3,(H,19,20);1H. The first kappa shape index (κ1) is 17.8. The van der Waals surface area contributed by atoms with E-state index in [0.29, 0.717) is 0 Å². The number of hydrogen-bond acceptors (Lipinski definition) is 5. The number of nitrogens with two attached hydrogens (primary N) is 1. The lowest BCUT2D eigenvalue weighted by Crippen LogP contribution is -3.00. The number of halogens is 1. The molecular formula is C18H20BrN5S. The lowest BCUT2D eigenvalue weighted by molar-refractivity contribution is -0.572. The predicted octanol–water partition coefficient (Wildman–Crippen LogP) is -0.259. The van der Waals surface area contributed by atoms with Crippen molar-refractivity contribution in [2.75, 3.05) is 11.0 Å². The Balaban J connectivity index is 0.00000182. The smallest absolute Gasteiger partial charge is 0.278 e. The first-order chi connectivity index (χ1) is 11.7. The zero-order valence-corrected chi connectivity index (χ0v) is 16.5. The highest BCUT2D eigenvalue weighted by Gasteiger charge is 2.36. The van der Waals surface area contributed by atoms with Gasteiger partial charge < -0.3 is 17.0 Å². The van der Waals surface area contributed by atoms with Gasteiger partial charge >= 0.3 is 0 Å². The molecule has 0 amide bonds. The van der Waals surface area contributed by atoms with Gasteiger partial charge in [-0.05, 0) is 38.1 Å². The van der Waals surface area contributed by atoms with Gasteiger partial charge in [0.15, 0.2) is 0 Å². The third-order valence-corrected chi connectivity index (χ3v) is 5.34. The number of rotatable bonds is 3. The molecule has 0 aliphatic carbocycles. The maximum atomic E-state index is 4.88. The maximum Gasteiger partial charge on any atom is 0.278 e. The van der Waals surface area contributed by atoms with Crippen LogP contribution in [-0.4, -0.2) is 21.9 Å². The summed E-state index contributed by atoms with van der Waals surface area (Å²) in [5.41, 5.74) is 5.55. The summed E-state index contributed by atoms with van der Waals surface area (Å²) in [5.74, 6) is 1.84. The molecule has 4 rings (SSSR count). The summed E-state index contributed by atoms with van der Waals surface area (Å²) in [6, 6.07) is 20.6. The maximum absolute atomic E-state index is 4.88. The molecule has 0 unspecified atom stereocenters. The van der Waals surface area contributed by atoms with Gasteiger partial charge in [-0.25, -0.2) is 5.01 Å². The minimum atomic E-state index is 0. The molecule has 2 aromatic carbocycles. The molecule has 0 fully saturated rings. The van der Waals surface area contributed by atoms with Crippen LogP contribution < -0.4 is 27.5 Å². The van der Waals surface area contributed by atoms with Crippen LogP contribution in [0, 0.1) is 0 Å². The number of quaternary nitrogens is 1. The van der Waals surface area contributed by atoms with Crippen molar-refractivity contribution < 1.29 is 22.4 Å². The summed E-state index contributed by atoms with van der Waals surface area (Å²) < 4.78 is 0. The number of hydrazine groups is 2. The zero-order chi connectivity index (χ0) is 16.5. The fourth-order valence-electron chi connectivity index (χ4n) is 2.73. The Kier molecular flexibility index (Phi) is 5.36. The SMILES string of the molecule is CC1=C(C)N(N2N=C(c3ccccc3)[NH2+]N2c2ccccc2)CS1.[Br-]. The average Bonchev–Trinajstić information content (AvgIpc) is 3.21. The second-order valence-corrected chi connectivity index (χ2v) is 6.90. The Bertz CT molecular complexity index is 794. The van der Waals surface area contributed by atoms with Gasteiger partial charge in [0.2, 0.25) is 0 Å². The Morgan fingerprint density at radius 1 is 0.960 bits per heavy atom. The number of amidine groups is 1. The van der Waals surface area contributed by atoms with Gasteiger partial charge in [-0.15, -0.1) is 11.8 Å². The van der Waals surface area contributed by atoms with Gasteiger partial charge in [0.1, 0.15) is 5.69 Å². The first-order valence-electron chi connectivity index (χ1n) is 7.95. The largest absolute Gasteiger partial charge is 1.00 e. The van der Waals surface area contributed by atoms with Gasteiger partial charge in [0.25, 0.3) is 5.84 Å². The molecule has 130 valence electrons. The van der Waals surface area contributed by atoms with Crippen LogP contribution in [0.5, 0.6) is 0 Å². The van der Waals surface area contributed by atoms with Crippen LogP contribution in [0.1, 0.15) is 19.4 Å². The first-order valence-corrected chi connectivity index (χ1v) is 8.93. The van der Waals surface area contributed by atoms with E-state index in [1.807, 2.05) is 41.3 Å². The summed E-state index contributed by atoms with van der Waals surface area (Å²) >= 11 is 1.85. The number of para-hydroxylation sites is 1. The predicted molar refractivity (Wildman–Crippen MR) is 98.3 cm³/mol. The molecule has 2 aliphatic heterocycles. The minimum absolute atomic E-state index is 0. The molecule has 0 saturated heterocycles. The van der Waals surface area contributed by atoms with Crippen molar-refractivity contribution in [1.82, 2.24) is 10.2 Å². The van der Waals surface area contributed by atoms with Crippen molar-refractivity contribution in [2.45, 2.75) is 13.8 Å². The third kappa shape index (κ3) is 3.40. The van der Waals surface area contributed by atoms with Crippen LogP contribution in [0.3, 0.4) is 0 Å². The molecule has 2 heterocycles. The number of hydrogen-bond donors (Lipinski definition) is 1. The van der Waals surface area contributed by atoms with Gasteiger partial charge in [0.05, 0.1) is 11.4 Å². The van der Waals surface area contributed by atoms with E-state index in [9.17, 15) is 0 Å². The Morgan fingerprint density at radius 2 is 1.60 bits per heavy atom. The molecule has 0 saturated carbocycles. The number of allylic oxidation sites excluding steroid dienone is 2. The summed E-state index contributed by atoms with van der Waals surface area (Å²) in [6.45, 7) is 4.31. The monoisotopic (exact) mass is 417 g/mol.